The second kappa shape index (κ2) is 8.39. The van der Waals surface area contributed by atoms with E-state index in [4.69, 9.17) is 4.74 Å². The van der Waals surface area contributed by atoms with E-state index in [1.807, 2.05) is 47.8 Å². The number of carboxylic acid groups (broad SMARTS) is 1. The van der Waals surface area contributed by atoms with Crippen LogP contribution in [-0.4, -0.2) is 29.8 Å². The maximum absolute atomic E-state index is 12.3. The molecular weight excluding hydrogens is 454 g/mol. The topological polar surface area (TPSA) is 75.6 Å². The fourth-order valence-electron chi connectivity index (χ4n) is 3.67. The van der Waals surface area contributed by atoms with Crippen molar-refractivity contribution in [2.24, 2.45) is 0 Å². The molecule has 2 N–H and O–H groups in total. The smallest absolute Gasteiger partial charge is 0.407 e. The van der Waals surface area contributed by atoms with E-state index in [2.05, 4.69) is 33.4 Å². The molecule has 3 aromatic rings. The first-order chi connectivity index (χ1) is 14.0. The summed E-state index contributed by atoms with van der Waals surface area (Å²) in [7, 11) is 0. The van der Waals surface area contributed by atoms with Gasteiger partial charge in [0.05, 0.1) is 3.79 Å². The third-order valence-electron chi connectivity index (χ3n) is 5.00. The zero-order valence-corrected chi connectivity index (χ0v) is 17.7. The van der Waals surface area contributed by atoms with Gasteiger partial charge in [-0.2, -0.15) is 0 Å². The molecule has 0 spiro atoms. The van der Waals surface area contributed by atoms with Crippen molar-refractivity contribution in [2.75, 3.05) is 6.61 Å². The summed E-state index contributed by atoms with van der Waals surface area (Å²) in [6.07, 6.45) is -0.532. The van der Waals surface area contributed by atoms with E-state index in [9.17, 15) is 14.7 Å². The maximum atomic E-state index is 12.3. The molecule has 148 valence electrons. The number of halogens is 1. The van der Waals surface area contributed by atoms with Gasteiger partial charge in [-0.05, 0) is 55.2 Å². The van der Waals surface area contributed by atoms with Gasteiger partial charge in [0.1, 0.15) is 12.6 Å². The number of alkyl carbamates (subject to hydrolysis) is 1. The second-order valence-corrected chi connectivity index (χ2v) is 9.11. The molecule has 29 heavy (non-hydrogen) atoms. The van der Waals surface area contributed by atoms with Crippen LogP contribution in [0.15, 0.2) is 63.8 Å². The fourth-order valence-corrected chi connectivity index (χ4v) is 4.89. The first-order valence-electron chi connectivity index (χ1n) is 9.10. The first kappa shape index (κ1) is 19.7. The summed E-state index contributed by atoms with van der Waals surface area (Å²) in [4.78, 5) is 23.9. The molecule has 1 aliphatic rings. The van der Waals surface area contributed by atoms with E-state index in [-0.39, 0.29) is 18.9 Å². The summed E-state index contributed by atoms with van der Waals surface area (Å²) in [6, 6.07) is 16.9. The summed E-state index contributed by atoms with van der Waals surface area (Å²) in [5.74, 6) is -1.16. The Morgan fingerprint density at radius 2 is 1.72 bits per heavy atom. The van der Waals surface area contributed by atoms with Crippen molar-refractivity contribution in [3.63, 3.8) is 0 Å². The van der Waals surface area contributed by atoms with Crippen molar-refractivity contribution in [3.8, 4) is 11.1 Å². The molecule has 0 fully saturated rings. The number of carbonyl (C=O) groups excluding carboxylic acids is 1. The van der Waals surface area contributed by atoms with E-state index >= 15 is 0 Å². The number of fused-ring (bicyclic) bond motifs is 3. The summed E-state index contributed by atoms with van der Waals surface area (Å²) in [6.45, 7) is 0.149. The average molecular weight is 472 g/mol. The molecule has 4 rings (SSSR count). The maximum Gasteiger partial charge on any atom is 0.407 e. The van der Waals surface area contributed by atoms with E-state index in [1.54, 1.807) is 0 Å². The normalized spacial score (nSPS) is 13.4. The zero-order chi connectivity index (χ0) is 20.4. The van der Waals surface area contributed by atoms with E-state index in [0.717, 1.165) is 31.6 Å². The van der Waals surface area contributed by atoms with Crippen LogP contribution in [0.5, 0.6) is 0 Å². The molecule has 1 atom stereocenters. The Kier molecular flexibility index (Phi) is 5.69. The number of amides is 1. The summed E-state index contributed by atoms with van der Waals surface area (Å²) < 4.78 is 6.36. The van der Waals surface area contributed by atoms with Gasteiger partial charge in [-0.3, -0.25) is 0 Å². The molecule has 2 aromatic carbocycles. The molecule has 5 nitrogen and oxygen atoms in total. The van der Waals surface area contributed by atoms with Crippen LogP contribution in [0, 0.1) is 0 Å². The third-order valence-corrected chi connectivity index (χ3v) is 6.55. The second-order valence-electron chi connectivity index (χ2n) is 6.82. The SMILES string of the molecule is O=C(N[C@H](Cc1csc(Br)c1)C(=O)O)OCC1c2ccccc2-c2ccccc21. The van der Waals surface area contributed by atoms with Gasteiger partial charge < -0.3 is 15.2 Å². The van der Waals surface area contributed by atoms with Gasteiger partial charge in [-0.15, -0.1) is 11.3 Å². The predicted molar refractivity (Wildman–Crippen MR) is 115 cm³/mol. The minimum Gasteiger partial charge on any atom is -0.480 e. The van der Waals surface area contributed by atoms with Gasteiger partial charge in [0.15, 0.2) is 0 Å². The Bertz CT molecular complexity index is 1020. The lowest BCUT2D eigenvalue weighted by Crippen LogP contribution is -2.42. The highest BCUT2D eigenvalue weighted by atomic mass is 79.9. The number of benzene rings is 2. The van der Waals surface area contributed by atoms with Crippen LogP contribution in [0.25, 0.3) is 11.1 Å². The van der Waals surface area contributed by atoms with E-state index < -0.39 is 18.1 Å². The molecule has 0 saturated heterocycles. The van der Waals surface area contributed by atoms with Crippen LogP contribution in [0.4, 0.5) is 4.79 Å². The minimum absolute atomic E-state index is 0.0655. The van der Waals surface area contributed by atoms with Gasteiger partial charge in [0, 0.05) is 12.3 Å². The number of nitrogens with one attached hydrogen (secondary N) is 1. The van der Waals surface area contributed by atoms with Crippen LogP contribution in [-0.2, 0) is 16.0 Å². The highest BCUT2D eigenvalue weighted by molar-refractivity contribution is 9.11. The molecule has 1 aliphatic carbocycles. The van der Waals surface area contributed by atoms with Crippen LogP contribution < -0.4 is 5.32 Å². The lowest BCUT2D eigenvalue weighted by atomic mass is 9.98. The molecule has 1 aromatic heterocycles. The van der Waals surface area contributed by atoms with Crippen molar-refractivity contribution in [1.29, 1.82) is 0 Å². The number of hydrogen-bond acceptors (Lipinski definition) is 4. The highest BCUT2D eigenvalue weighted by Gasteiger charge is 2.29. The van der Waals surface area contributed by atoms with Gasteiger partial charge in [-0.25, -0.2) is 9.59 Å². The number of thiophene rings is 1. The number of ether oxygens (including phenoxy) is 1. The molecular formula is C22H18BrNO4S. The first-order valence-corrected chi connectivity index (χ1v) is 10.8. The number of carboxylic acids is 1. The highest BCUT2D eigenvalue weighted by Crippen LogP contribution is 2.44. The van der Waals surface area contributed by atoms with Gasteiger partial charge in [0.25, 0.3) is 0 Å². The number of aliphatic carboxylic acids is 1. The van der Waals surface area contributed by atoms with Crippen molar-refractivity contribution in [3.05, 3.63) is 80.5 Å². The fraction of sp³-hybridized carbons (Fsp3) is 0.182. The monoisotopic (exact) mass is 471 g/mol. The van der Waals surface area contributed by atoms with Crippen molar-refractivity contribution in [2.45, 2.75) is 18.4 Å². The Labute approximate surface area is 180 Å². The Morgan fingerprint density at radius 1 is 1.10 bits per heavy atom. The van der Waals surface area contributed by atoms with E-state index in [1.165, 1.54) is 11.3 Å². The summed E-state index contributed by atoms with van der Waals surface area (Å²) in [5, 5.41) is 13.8. The van der Waals surface area contributed by atoms with E-state index in [0.29, 0.717) is 0 Å². The van der Waals surface area contributed by atoms with Gasteiger partial charge >= 0.3 is 12.1 Å². The summed E-state index contributed by atoms with van der Waals surface area (Å²) >= 11 is 4.83. The van der Waals surface area contributed by atoms with Crippen LogP contribution in [0.2, 0.25) is 0 Å². The molecule has 0 saturated carbocycles. The van der Waals surface area contributed by atoms with Crippen molar-refractivity contribution >= 4 is 39.3 Å². The standard InChI is InChI=1S/C22H18BrNO4S/c23-20-10-13(12-29-20)9-19(21(25)26)24-22(27)28-11-18-16-7-3-1-5-14(16)15-6-2-4-8-17(15)18/h1-8,10,12,18-19H,9,11H2,(H,24,27)(H,25,26)/t19-/m1/s1. The largest absolute Gasteiger partial charge is 0.480 e. The van der Waals surface area contributed by atoms with Gasteiger partial charge in [0.2, 0.25) is 0 Å². The molecule has 0 bridgehead atoms. The Balaban J connectivity index is 1.43. The molecule has 0 aliphatic heterocycles. The quantitative estimate of drug-likeness (QED) is 0.527. The lowest BCUT2D eigenvalue weighted by Gasteiger charge is -2.17. The minimum atomic E-state index is -1.10. The van der Waals surface area contributed by atoms with Crippen molar-refractivity contribution < 1.29 is 19.4 Å². The zero-order valence-electron chi connectivity index (χ0n) is 15.3. The molecule has 7 heteroatoms. The molecule has 1 heterocycles. The molecule has 0 radical (unpaired) electrons. The number of rotatable bonds is 6. The Hall–Kier alpha value is -2.64. The Morgan fingerprint density at radius 3 is 2.28 bits per heavy atom. The summed E-state index contributed by atoms with van der Waals surface area (Å²) in [5.41, 5.74) is 5.35. The van der Waals surface area contributed by atoms with Crippen LogP contribution in [0.1, 0.15) is 22.6 Å². The number of carbonyl (C=O) groups is 2. The van der Waals surface area contributed by atoms with Crippen molar-refractivity contribution in [1.82, 2.24) is 5.32 Å². The lowest BCUT2D eigenvalue weighted by molar-refractivity contribution is -0.139. The molecule has 0 unspecified atom stereocenters. The van der Waals surface area contributed by atoms with Gasteiger partial charge in [-0.1, -0.05) is 48.5 Å². The average Bonchev–Trinajstić information content (AvgIpc) is 3.27. The third kappa shape index (κ3) is 4.21. The predicted octanol–water partition coefficient (Wildman–Crippen LogP) is 5.05. The number of hydrogen-bond donors (Lipinski definition) is 2. The molecule has 1 amide bonds. The van der Waals surface area contributed by atoms with Crippen LogP contribution in [0.3, 0.4) is 0 Å². The van der Waals surface area contributed by atoms with Crippen LogP contribution >= 0.6 is 27.3 Å².